The number of nitrogens with zero attached hydrogens (tertiary/aromatic N) is 4. The lowest BCUT2D eigenvalue weighted by Crippen LogP contribution is -2.39. The Morgan fingerprint density at radius 3 is 2.40 bits per heavy atom. The Kier molecular flexibility index (Phi) is 6.41. The number of hydrogen-bond donors (Lipinski definition) is 2. The van der Waals surface area contributed by atoms with E-state index >= 15 is 0 Å². The van der Waals surface area contributed by atoms with E-state index in [0.717, 1.165) is 49.3 Å². The molecule has 2 aromatic heterocycles. The third-order valence-corrected chi connectivity index (χ3v) is 6.01. The molecule has 7 nitrogen and oxygen atoms in total. The van der Waals surface area contributed by atoms with Crippen LogP contribution in [0.5, 0.6) is 0 Å². The number of aryl methyl sites for hydroxylation is 1. The normalized spacial score (nSPS) is 21.7. The van der Waals surface area contributed by atoms with Gasteiger partial charge in [-0.2, -0.15) is 9.97 Å². The molecule has 30 heavy (non-hydrogen) atoms. The Morgan fingerprint density at radius 1 is 1.10 bits per heavy atom. The summed E-state index contributed by atoms with van der Waals surface area (Å²) in [5, 5.41) is 6.86. The summed E-state index contributed by atoms with van der Waals surface area (Å²) in [6.45, 7) is 11.2. The van der Waals surface area contributed by atoms with Gasteiger partial charge in [-0.15, -0.1) is 0 Å². The fourth-order valence-electron chi connectivity index (χ4n) is 4.49. The van der Waals surface area contributed by atoms with Crippen molar-refractivity contribution < 1.29 is 4.42 Å². The number of piperidine rings is 1. The summed E-state index contributed by atoms with van der Waals surface area (Å²) < 4.78 is 5.59. The fourth-order valence-corrected chi connectivity index (χ4v) is 4.65. The average Bonchev–Trinajstić information content (AvgIpc) is 3.37. The lowest BCUT2D eigenvalue weighted by Gasteiger charge is -2.36. The Hall–Kier alpha value is -2.35. The van der Waals surface area contributed by atoms with Crippen molar-refractivity contribution in [3.63, 3.8) is 0 Å². The molecule has 4 heterocycles. The molecule has 0 unspecified atom stereocenters. The van der Waals surface area contributed by atoms with Gasteiger partial charge >= 0.3 is 0 Å². The fraction of sp³-hybridized carbons (Fsp3) is 0.591. The number of anilines is 3. The molecule has 2 N–H and O–H groups in total. The molecular weight excluding hydrogens is 396 g/mol. The molecule has 0 aromatic carbocycles. The van der Waals surface area contributed by atoms with Crippen LogP contribution in [0.4, 0.5) is 17.6 Å². The molecule has 0 aliphatic carbocycles. The second kappa shape index (κ2) is 9.20. The topological polar surface area (TPSA) is 69.5 Å². The van der Waals surface area contributed by atoms with Crippen LogP contribution in [-0.4, -0.2) is 41.3 Å². The first-order valence-electron chi connectivity index (χ1n) is 11.0. The Labute approximate surface area is 184 Å². The van der Waals surface area contributed by atoms with Gasteiger partial charge in [-0.3, -0.25) is 0 Å². The van der Waals surface area contributed by atoms with Crippen molar-refractivity contribution in [2.24, 2.45) is 11.8 Å². The highest BCUT2D eigenvalue weighted by Gasteiger charge is 2.25. The van der Waals surface area contributed by atoms with Gasteiger partial charge in [-0.05, 0) is 62.4 Å². The number of rotatable bonds is 5. The molecule has 2 aliphatic rings. The van der Waals surface area contributed by atoms with Gasteiger partial charge in [0.15, 0.2) is 5.11 Å². The van der Waals surface area contributed by atoms with Crippen molar-refractivity contribution >= 4 is 34.9 Å². The zero-order valence-corrected chi connectivity index (χ0v) is 19.0. The van der Waals surface area contributed by atoms with Crippen molar-refractivity contribution in [2.45, 2.75) is 46.6 Å². The summed E-state index contributed by atoms with van der Waals surface area (Å²) in [6, 6.07) is 6.04. The van der Waals surface area contributed by atoms with Gasteiger partial charge in [0.05, 0.1) is 6.54 Å². The molecule has 2 atom stereocenters. The maximum atomic E-state index is 5.59. The van der Waals surface area contributed by atoms with Crippen molar-refractivity contribution in [1.29, 1.82) is 0 Å². The molecule has 2 aliphatic heterocycles. The van der Waals surface area contributed by atoms with Crippen LogP contribution in [0.2, 0.25) is 0 Å². The van der Waals surface area contributed by atoms with Crippen LogP contribution in [0.15, 0.2) is 22.6 Å². The predicted molar refractivity (Wildman–Crippen MR) is 125 cm³/mol. The number of nitrogens with one attached hydrogen (secondary N) is 2. The maximum Gasteiger partial charge on any atom is 0.232 e. The van der Waals surface area contributed by atoms with Crippen molar-refractivity contribution in [2.75, 3.05) is 41.3 Å². The highest BCUT2D eigenvalue weighted by Crippen LogP contribution is 2.29. The van der Waals surface area contributed by atoms with Gasteiger partial charge in [0.2, 0.25) is 5.95 Å². The number of aromatic nitrogens is 2. The minimum absolute atomic E-state index is 0.494. The molecular formula is C22H32N6OS. The molecule has 162 valence electrons. The highest BCUT2D eigenvalue weighted by molar-refractivity contribution is 7.80. The van der Waals surface area contributed by atoms with Crippen LogP contribution in [-0.2, 0) is 6.54 Å². The summed E-state index contributed by atoms with van der Waals surface area (Å²) in [6.07, 6.45) is 3.69. The van der Waals surface area contributed by atoms with Crippen molar-refractivity contribution in [3.8, 4) is 0 Å². The van der Waals surface area contributed by atoms with Crippen LogP contribution in [0.1, 0.15) is 44.6 Å². The lowest BCUT2D eigenvalue weighted by molar-refractivity contribution is 0.355. The minimum atomic E-state index is 0.494. The van der Waals surface area contributed by atoms with Crippen LogP contribution in [0, 0.1) is 18.8 Å². The molecule has 0 bridgehead atoms. The van der Waals surface area contributed by atoms with E-state index in [1.165, 1.54) is 19.3 Å². The summed E-state index contributed by atoms with van der Waals surface area (Å²) in [4.78, 5) is 14.3. The molecule has 2 fully saturated rings. The van der Waals surface area contributed by atoms with E-state index in [0.29, 0.717) is 29.4 Å². The second-order valence-corrected chi connectivity index (χ2v) is 9.18. The van der Waals surface area contributed by atoms with E-state index in [-0.39, 0.29) is 0 Å². The molecule has 0 spiro atoms. The van der Waals surface area contributed by atoms with E-state index < -0.39 is 0 Å². The smallest absolute Gasteiger partial charge is 0.232 e. The predicted octanol–water partition coefficient (Wildman–Crippen LogP) is 3.95. The third kappa shape index (κ3) is 5.22. The summed E-state index contributed by atoms with van der Waals surface area (Å²) in [5.41, 5.74) is 0. The van der Waals surface area contributed by atoms with Crippen molar-refractivity contribution in [3.05, 3.63) is 29.7 Å². The monoisotopic (exact) mass is 428 g/mol. The molecule has 2 saturated heterocycles. The SMILES string of the molecule is Cc1ccc(CNC(=S)Nc2nc(N3CCCC3)cc(N3C[C@H](C)C[C@@H](C)C3)n2)o1. The largest absolute Gasteiger partial charge is 0.465 e. The van der Waals surface area contributed by atoms with Crippen LogP contribution >= 0.6 is 12.2 Å². The van der Waals surface area contributed by atoms with Gasteiger partial charge in [0.25, 0.3) is 0 Å². The van der Waals surface area contributed by atoms with E-state index in [2.05, 4.69) is 40.3 Å². The Morgan fingerprint density at radius 2 is 1.77 bits per heavy atom. The number of hydrogen-bond acceptors (Lipinski definition) is 6. The second-order valence-electron chi connectivity index (χ2n) is 8.77. The number of furan rings is 1. The van der Waals surface area contributed by atoms with Gasteiger partial charge in [-0.1, -0.05) is 13.8 Å². The third-order valence-electron chi connectivity index (χ3n) is 5.77. The van der Waals surface area contributed by atoms with Gasteiger partial charge in [0.1, 0.15) is 23.2 Å². The van der Waals surface area contributed by atoms with Gasteiger partial charge < -0.3 is 24.9 Å². The zero-order valence-electron chi connectivity index (χ0n) is 18.1. The first-order chi connectivity index (χ1) is 14.5. The Balaban J connectivity index is 1.50. The van der Waals surface area contributed by atoms with Gasteiger partial charge in [0, 0.05) is 32.2 Å². The van der Waals surface area contributed by atoms with E-state index in [4.69, 9.17) is 26.6 Å². The lowest BCUT2D eigenvalue weighted by atomic mass is 9.92. The summed E-state index contributed by atoms with van der Waals surface area (Å²) >= 11 is 5.49. The van der Waals surface area contributed by atoms with E-state index in [1.807, 2.05) is 19.1 Å². The highest BCUT2D eigenvalue weighted by atomic mass is 32.1. The molecule has 0 saturated carbocycles. The Bertz CT molecular complexity index is 868. The standard InChI is InChI=1S/C22H32N6OS/c1-15-10-16(2)14-28(13-15)20-11-19(27-8-4-5-9-27)24-21(25-20)26-22(30)23-12-18-7-6-17(3)29-18/h6-7,11,15-16H,4-5,8-10,12-14H2,1-3H3,(H2,23,24,25,26,30)/t15-,16-/m1/s1. The minimum Gasteiger partial charge on any atom is -0.465 e. The molecule has 0 radical (unpaired) electrons. The van der Waals surface area contributed by atoms with E-state index in [1.54, 1.807) is 0 Å². The quantitative estimate of drug-likeness (QED) is 0.694. The molecule has 4 rings (SSSR count). The van der Waals surface area contributed by atoms with E-state index in [9.17, 15) is 0 Å². The first-order valence-corrected chi connectivity index (χ1v) is 11.4. The number of thiocarbonyl (C=S) groups is 1. The zero-order chi connectivity index (χ0) is 21.1. The van der Waals surface area contributed by atoms with Crippen LogP contribution in [0.25, 0.3) is 0 Å². The maximum absolute atomic E-state index is 5.59. The van der Waals surface area contributed by atoms with Crippen LogP contribution < -0.4 is 20.4 Å². The average molecular weight is 429 g/mol. The van der Waals surface area contributed by atoms with Gasteiger partial charge in [-0.25, -0.2) is 0 Å². The van der Waals surface area contributed by atoms with Crippen LogP contribution in [0.3, 0.4) is 0 Å². The molecule has 2 aromatic rings. The molecule has 0 amide bonds. The molecule has 8 heteroatoms. The first kappa shape index (κ1) is 20.9. The summed E-state index contributed by atoms with van der Waals surface area (Å²) in [5.74, 6) is 5.58. The summed E-state index contributed by atoms with van der Waals surface area (Å²) in [7, 11) is 0. The van der Waals surface area contributed by atoms with Crippen molar-refractivity contribution in [1.82, 2.24) is 15.3 Å².